The maximum absolute atomic E-state index is 10.2. The van der Waals surface area contributed by atoms with Crippen LogP contribution in [0.5, 0.6) is 11.5 Å². The molecule has 1 spiro atoms. The molecule has 2 aliphatic rings. The zero-order chi connectivity index (χ0) is 43.1. The Morgan fingerprint density at radius 1 is 0.451 bits per heavy atom. The second-order valence-electron chi connectivity index (χ2n) is 12.8. The summed E-state index contributed by atoms with van der Waals surface area (Å²) in [6.45, 7) is 0. The van der Waals surface area contributed by atoms with Crippen LogP contribution >= 0.6 is 0 Å². The second kappa shape index (κ2) is 10.7. The molecule has 0 saturated carbocycles. The van der Waals surface area contributed by atoms with Gasteiger partial charge in [-0.2, -0.15) is 0 Å². The minimum atomic E-state index is -1.67. The van der Waals surface area contributed by atoms with Gasteiger partial charge in [-0.25, -0.2) is 0 Å². The lowest BCUT2D eigenvalue weighted by Gasteiger charge is -2.39. The fourth-order valence-electron chi connectivity index (χ4n) is 8.10. The van der Waals surface area contributed by atoms with Gasteiger partial charge in [0.15, 0.2) is 0 Å². The maximum Gasteiger partial charge on any atom is 0.132 e. The Kier molecular flexibility index (Phi) is 4.09. The Labute approximate surface area is 311 Å². The number of rotatable bonds is 3. The molecule has 0 saturated heterocycles. The van der Waals surface area contributed by atoms with Crippen molar-refractivity contribution in [3.63, 3.8) is 0 Å². The van der Waals surface area contributed by atoms with E-state index in [0.29, 0.717) is 16.7 Å². The highest BCUT2D eigenvalue weighted by molar-refractivity contribution is 6.10. The lowest BCUT2D eigenvalue weighted by Crippen LogP contribution is -2.32. The monoisotopic (exact) mass is 660 g/mol. The standard InChI is InChI=1S/C49H31NO/c1-2-15-36(16-3-1)50-45-23-10-6-19-39(45)40-30-34(25-27-46(40)50)32-13-12-14-33(29-32)35-26-28-48-44(31-35)49(43-22-9-11-24-47(43)51-48)41-20-7-4-17-37(41)38-18-5-8-21-42(38)49/h1-31H/i9D,11D,12D,13D,14D,22D,24D,26D,28D,29D,31D. The van der Waals surface area contributed by atoms with E-state index in [0.717, 1.165) is 38.6 Å². The Balaban J connectivity index is 1.23. The van der Waals surface area contributed by atoms with Crippen molar-refractivity contribution in [2.75, 3.05) is 0 Å². The summed E-state index contributed by atoms with van der Waals surface area (Å²) >= 11 is 0. The van der Waals surface area contributed by atoms with Crippen LogP contribution in [0.25, 0.3) is 60.9 Å². The summed E-state index contributed by atoms with van der Waals surface area (Å²) in [6, 6.07) is 32.7. The molecule has 2 nitrogen and oxygen atoms in total. The molecule has 2 heterocycles. The highest BCUT2D eigenvalue weighted by atomic mass is 16.5. The third-order valence-electron chi connectivity index (χ3n) is 10.2. The van der Waals surface area contributed by atoms with E-state index in [1.807, 2.05) is 103 Å². The molecule has 2 heteroatoms. The molecule has 0 radical (unpaired) electrons. The van der Waals surface area contributed by atoms with E-state index < -0.39 is 59.8 Å². The normalized spacial score (nSPS) is 16.4. The van der Waals surface area contributed by atoms with Crippen molar-refractivity contribution in [3.8, 4) is 50.6 Å². The first kappa shape index (κ1) is 19.5. The zero-order valence-electron chi connectivity index (χ0n) is 37.9. The topological polar surface area (TPSA) is 14.2 Å². The van der Waals surface area contributed by atoms with Gasteiger partial charge in [0.25, 0.3) is 0 Å². The van der Waals surface area contributed by atoms with E-state index in [4.69, 9.17) is 10.2 Å². The summed E-state index contributed by atoms with van der Waals surface area (Å²) in [7, 11) is 0. The van der Waals surface area contributed by atoms with Crippen LogP contribution < -0.4 is 4.74 Å². The van der Waals surface area contributed by atoms with Gasteiger partial charge in [-0.3, -0.25) is 0 Å². The Bertz CT molecular complexity index is 3420. The van der Waals surface area contributed by atoms with Crippen molar-refractivity contribution in [2.24, 2.45) is 0 Å². The third kappa shape index (κ3) is 3.93. The van der Waals surface area contributed by atoms with Gasteiger partial charge in [0, 0.05) is 27.6 Å². The van der Waals surface area contributed by atoms with Crippen LogP contribution in [-0.4, -0.2) is 4.57 Å². The van der Waals surface area contributed by atoms with E-state index >= 15 is 0 Å². The zero-order valence-corrected chi connectivity index (χ0v) is 26.9. The SMILES string of the molecule is [2H]c1c([2H])c([2H])c2c(c1[2H])Oc1c([2H])c([2H])c(-c3c([2H])c([2H])c([2H])c(-c4ccc5c(c4)c4ccccc4n5-c4ccccc4)c3[2H])c([2H])c1C21c2ccccc2-c2ccccc21. The summed E-state index contributed by atoms with van der Waals surface area (Å²) in [5.74, 6) is -0.481. The summed E-state index contributed by atoms with van der Waals surface area (Å²) in [4.78, 5) is 0. The van der Waals surface area contributed by atoms with E-state index in [-0.39, 0.29) is 51.4 Å². The quantitative estimate of drug-likeness (QED) is 0.184. The second-order valence-corrected chi connectivity index (χ2v) is 12.8. The van der Waals surface area contributed by atoms with Crippen molar-refractivity contribution < 1.29 is 19.8 Å². The summed E-state index contributed by atoms with van der Waals surface area (Å²) in [6.07, 6.45) is 0. The van der Waals surface area contributed by atoms with Gasteiger partial charge in [0.2, 0.25) is 0 Å². The average molecular weight is 661 g/mol. The van der Waals surface area contributed by atoms with Crippen molar-refractivity contribution in [1.82, 2.24) is 4.57 Å². The number of hydrogen-bond acceptors (Lipinski definition) is 1. The highest BCUT2D eigenvalue weighted by Gasteiger charge is 2.50. The largest absolute Gasteiger partial charge is 0.457 e. The molecule has 0 unspecified atom stereocenters. The maximum atomic E-state index is 10.2. The van der Waals surface area contributed by atoms with Gasteiger partial charge < -0.3 is 9.30 Å². The van der Waals surface area contributed by atoms with Crippen LogP contribution in [0.1, 0.15) is 37.3 Å². The lowest BCUT2D eigenvalue weighted by atomic mass is 9.66. The van der Waals surface area contributed by atoms with Gasteiger partial charge in [0.1, 0.15) is 11.5 Å². The molecular formula is C49H31NO. The first-order valence-corrected chi connectivity index (χ1v) is 16.7. The number of fused-ring (bicyclic) bond motifs is 12. The molecule has 1 aromatic heterocycles. The summed E-state index contributed by atoms with van der Waals surface area (Å²) in [5.41, 5.74) is 3.60. The molecule has 11 rings (SSSR count). The minimum absolute atomic E-state index is 0.0143. The molecule has 238 valence electrons. The molecule has 0 atom stereocenters. The van der Waals surface area contributed by atoms with Gasteiger partial charge in [0.05, 0.1) is 31.5 Å². The summed E-state index contributed by atoms with van der Waals surface area (Å²) in [5, 5.41) is 1.75. The number of benzene rings is 8. The number of para-hydroxylation sites is 3. The molecule has 8 aromatic carbocycles. The fourth-order valence-corrected chi connectivity index (χ4v) is 8.10. The molecule has 9 aromatic rings. The number of nitrogens with zero attached hydrogens (tertiary/aromatic N) is 1. The molecule has 0 bridgehead atoms. The van der Waals surface area contributed by atoms with Crippen molar-refractivity contribution in [1.29, 1.82) is 0 Å². The number of ether oxygens (including phenoxy) is 1. The van der Waals surface area contributed by atoms with Crippen molar-refractivity contribution in [3.05, 3.63) is 210 Å². The van der Waals surface area contributed by atoms with Gasteiger partial charge in [-0.1, -0.05) is 133 Å². The smallest absolute Gasteiger partial charge is 0.132 e. The summed E-state index contributed by atoms with van der Waals surface area (Å²) < 4.78 is 111. The Morgan fingerprint density at radius 2 is 1.10 bits per heavy atom. The van der Waals surface area contributed by atoms with Gasteiger partial charge in [-0.05, 0) is 99.0 Å². The first-order valence-electron chi connectivity index (χ1n) is 22.2. The fraction of sp³-hybridized carbons (Fsp3) is 0.0204. The van der Waals surface area contributed by atoms with Crippen LogP contribution in [0.2, 0.25) is 0 Å². The molecule has 1 aliphatic heterocycles. The number of aromatic nitrogens is 1. The lowest BCUT2D eigenvalue weighted by molar-refractivity contribution is 0.436. The molecule has 0 N–H and O–H groups in total. The Morgan fingerprint density at radius 3 is 1.92 bits per heavy atom. The van der Waals surface area contributed by atoms with Crippen LogP contribution in [0, 0.1) is 0 Å². The minimum Gasteiger partial charge on any atom is -0.457 e. The van der Waals surface area contributed by atoms with Crippen LogP contribution in [0.3, 0.4) is 0 Å². The van der Waals surface area contributed by atoms with E-state index in [9.17, 15) is 9.60 Å². The molecular weight excluding hydrogens is 619 g/mol. The Hall–Kier alpha value is -6.64. The third-order valence-corrected chi connectivity index (χ3v) is 10.2. The number of hydrogen-bond donors (Lipinski definition) is 0. The van der Waals surface area contributed by atoms with Gasteiger partial charge >= 0.3 is 0 Å². The molecule has 1 aliphatic carbocycles. The average Bonchev–Trinajstić information content (AvgIpc) is 3.77. The molecule has 0 fully saturated rings. The van der Waals surface area contributed by atoms with E-state index in [1.165, 1.54) is 0 Å². The predicted molar refractivity (Wildman–Crippen MR) is 209 cm³/mol. The van der Waals surface area contributed by atoms with Crippen LogP contribution in [-0.2, 0) is 5.41 Å². The highest BCUT2D eigenvalue weighted by Crippen LogP contribution is 2.62. The molecule has 0 amide bonds. The van der Waals surface area contributed by atoms with Crippen LogP contribution in [0.15, 0.2) is 188 Å². The first-order chi connectivity index (χ1) is 29.9. The predicted octanol–water partition coefficient (Wildman–Crippen LogP) is 12.6. The van der Waals surface area contributed by atoms with Crippen LogP contribution in [0.4, 0.5) is 0 Å². The van der Waals surface area contributed by atoms with E-state index in [2.05, 4.69) is 4.57 Å². The van der Waals surface area contributed by atoms with Gasteiger partial charge in [-0.15, -0.1) is 0 Å². The van der Waals surface area contributed by atoms with Crippen molar-refractivity contribution >= 4 is 21.8 Å². The molecule has 51 heavy (non-hydrogen) atoms. The van der Waals surface area contributed by atoms with Crippen molar-refractivity contribution in [2.45, 2.75) is 5.41 Å². The van der Waals surface area contributed by atoms with E-state index in [1.54, 1.807) is 18.2 Å².